The summed E-state index contributed by atoms with van der Waals surface area (Å²) in [5.74, 6) is 0.0344. The molecule has 4 rings (SSSR count). The van der Waals surface area contributed by atoms with E-state index in [1.807, 2.05) is 30.3 Å². The summed E-state index contributed by atoms with van der Waals surface area (Å²) in [5.41, 5.74) is 4.87. The number of ketones is 1. The fraction of sp³-hybridized carbons (Fsp3) is 0.250. The van der Waals surface area contributed by atoms with E-state index in [4.69, 9.17) is 4.74 Å². The number of hydrogen-bond acceptors (Lipinski definition) is 4. The van der Waals surface area contributed by atoms with Gasteiger partial charge in [-0.3, -0.25) is 14.4 Å². The second kappa shape index (κ2) is 10.8. The summed E-state index contributed by atoms with van der Waals surface area (Å²) in [4.78, 5) is 37.5. The molecule has 1 aliphatic carbocycles. The SMILES string of the molecule is COc1ccccc1NC(=O)c1ccc(NC(=O)CCC(=O)c2ccc3c(c2)CCCC3)cc1. The Morgan fingerprint density at radius 2 is 1.50 bits per heavy atom. The fourth-order valence-corrected chi connectivity index (χ4v) is 4.15. The summed E-state index contributed by atoms with van der Waals surface area (Å²) in [7, 11) is 1.54. The highest BCUT2D eigenvalue weighted by atomic mass is 16.5. The van der Waals surface area contributed by atoms with Gasteiger partial charge in [0.2, 0.25) is 5.91 Å². The molecular weight excluding hydrogens is 428 g/mol. The zero-order valence-electron chi connectivity index (χ0n) is 19.2. The minimum absolute atomic E-state index is 0.0214. The Bertz CT molecular complexity index is 1200. The average molecular weight is 457 g/mol. The van der Waals surface area contributed by atoms with E-state index in [1.54, 1.807) is 43.5 Å². The molecule has 0 spiro atoms. The number of fused-ring (bicyclic) bond motifs is 1. The molecule has 34 heavy (non-hydrogen) atoms. The van der Waals surface area contributed by atoms with E-state index in [2.05, 4.69) is 10.6 Å². The minimum atomic E-state index is -0.280. The molecule has 0 aliphatic heterocycles. The molecule has 2 amide bonds. The Hall–Kier alpha value is -3.93. The lowest BCUT2D eigenvalue weighted by molar-refractivity contribution is -0.116. The van der Waals surface area contributed by atoms with Crippen molar-refractivity contribution in [3.63, 3.8) is 0 Å². The van der Waals surface area contributed by atoms with Gasteiger partial charge in [-0.15, -0.1) is 0 Å². The number of methoxy groups -OCH3 is 1. The summed E-state index contributed by atoms with van der Waals surface area (Å²) in [6.45, 7) is 0. The predicted octanol–water partition coefficient (Wildman–Crippen LogP) is 5.43. The van der Waals surface area contributed by atoms with Crippen LogP contribution in [0.5, 0.6) is 5.75 Å². The summed E-state index contributed by atoms with van der Waals surface area (Å²) >= 11 is 0. The number of carbonyl (C=O) groups excluding carboxylic acids is 3. The Morgan fingerprint density at radius 3 is 2.26 bits per heavy atom. The van der Waals surface area contributed by atoms with Crippen LogP contribution in [0, 0.1) is 0 Å². The number of benzene rings is 3. The zero-order valence-corrected chi connectivity index (χ0v) is 19.2. The van der Waals surface area contributed by atoms with Crippen molar-refractivity contribution in [1.29, 1.82) is 0 Å². The van der Waals surface area contributed by atoms with E-state index in [9.17, 15) is 14.4 Å². The molecule has 3 aromatic carbocycles. The quantitative estimate of drug-likeness (QED) is 0.443. The molecule has 0 saturated carbocycles. The van der Waals surface area contributed by atoms with Gasteiger partial charge in [-0.1, -0.05) is 24.3 Å². The second-order valence-corrected chi connectivity index (χ2v) is 8.39. The lowest BCUT2D eigenvalue weighted by Crippen LogP contribution is -2.15. The van der Waals surface area contributed by atoms with Gasteiger partial charge in [-0.2, -0.15) is 0 Å². The molecule has 0 radical (unpaired) electrons. The molecule has 0 saturated heterocycles. The number of hydrogen-bond donors (Lipinski definition) is 2. The van der Waals surface area contributed by atoms with Crippen LogP contribution in [0.15, 0.2) is 66.7 Å². The zero-order chi connectivity index (χ0) is 23.9. The van der Waals surface area contributed by atoms with E-state index in [0.29, 0.717) is 28.3 Å². The van der Waals surface area contributed by atoms with Crippen LogP contribution in [0.3, 0.4) is 0 Å². The van der Waals surface area contributed by atoms with Gasteiger partial charge in [-0.05, 0) is 79.3 Å². The predicted molar refractivity (Wildman–Crippen MR) is 133 cm³/mol. The molecule has 174 valence electrons. The molecule has 0 unspecified atom stereocenters. The lowest BCUT2D eigenvalue weighted by atomic mass is 9.89. The maximum atomic E-state index is 12.6. The first-order valence-electron chi connectivity index (χ1n) is 11.5. The monoisotopic (exact) mass is 456 g/mol. The highest BCUT2D eigenvalue weighted by Gasteiger charge is 2.15. The number of carbonyl (C=O) groups is 3. The smallest absolute Gasteiger partial charge is 0.255 e. The van der Waals surface area contributed by atoms with Gasteiger partial charge in [-0.25, -0.2) is 0 Å². The van der Waals surface area contributed by atoms with Crippen molar-refractivity contribution in [3.05, 3.63) is 89.0 Å². The second-order valence-electron chi connectivity index (χ2n) is 8.39. The Kier molecular flexibility index (Phi) is 7.38. The van der Waals surface area contributed by atoms with Gasteiger partial charge < -0.3 is 15.4 Å². The van der Waals surface area contributed by atoms with Crippen LogP contribution in [0.1, 0.15) is 57.5 Å². The van der Waals surface area contributed by atoms with E-state index in [-0.39, 0.29) is 30.4 Å². The first kappa shape index (κ1) is 23.2. The normalized spacial score (nSPS) is 12.4. The molecule has 0 aromatic heterocycles. The number of Topliss-reactive ketones (excluding diaryl/α,β-unsaturated/α-hetero) is 1. The van der Waals surface area contributed by atoms with Crippen molar-refractivity contribution in [2.75, 3.05) is 17.7 Å². The number of rotatable bonds is 8. The highest BCUT2D eigenvalue weighted by Crippen LogP contribution is 2.24. The average Bonchev–Trinajstić information content (AvgIpc) is 2.87. The maximum absolute atomic E-state index is 12.6. The number of amides is 2. The van der Waals surface area contributed by atoms with Crippen LogP contribution < -0.4 is 15.4 Å². The fourth-order valence-electron chi connectivity index (χ4n) is 4.15. The van der Waals surface area contributed by atoms with Crippen LogP contribution in [-0.4, -0.2) is 24.7 Å². The maximum Gasteiger partial charge on any atom is 0.255 e. The number of nitrogens with one attached hydrogen (secondary N) is 2. The van der Waals surface area contributed by atoms with Gasteiger partial charge in [0.25, 0.3) is 5.91 Å². The van der Waals surface area contributed by atoms with Crippen molar-refractivity contribution in [2.45, 2.75) is 38.5 Å². The van der Waals surface area contributed by atoms with E-state index in [0.717, 1.165) is 19.3 Å². The topological polar surface area (TPSA) is 84.5 Å². The third kappa shape index (κ3) is 5.70. The molecule has 3 aromatic rings. The van der Waals surface area contributed by atoms with Crippen LogP contribution >= 0.6 is 0 Å². The number of aryl methyl sites for hydroxylation is 2. The highest BCUT2D eigenvalue weighted by molar-refractivity contribution is 6.05. The lowest BCUT2D eigenvalue weighted by Gasteiger charge is -2.16. The first-order valence-corrected chi connectivity index (χ1v) is 11.5. The largest absolute Gasteiger partial charge is 0.495 e. The first-order chi connectivity index (χ1) is 16.5. The standard InChI is InChI=1S/C28H28N2O4/c1-34-26-9-5-4-8-24(26)30-28(33)20-12-14-23(15-13-20)29-27(32)17-16-25(31)22-11-10-19-6-2-3-7-21(19)18-22/h4-5,8-15,18H,2-3,6-7,16-17H2,1H3,(H,29,32)(H,30,33). The van der Waals surface area contributed by atoms with Gasteiger partial charge >= 0.3 is 0 Å². The van der Waals surface area contributed by atoms with Crippen molar-refractivity contribution >= 4 is 29.0 Å². The number of ether oxygens (including phenoxy) is 1. The minimum Gasteiger partial charge on any atom is -0.495 e. The summed E-state index contributed by atoms with van der Waals surface area (Å²) in [6.07, 6.45) is 4.72. The number of anilines is 2. The molecule has 1 aliphatic rings. The van der Waals surface area contributed by atoms with E-state index in [1.165, 1.54) is 17.5 Å². The van der Waals surface area contributed by atoms with Gasteiger partial charge in [0.05, 0.1) is 12.8 Å². The summed E-state index contributed by atoms with van der Waals surface area (Å²) in [6, 6.07) is 19.7. The van der Waals surface area contributed by atoms with Crippen molar-refractivity contribution in [2.24, 2.45) is 0 Å². The summed E-state index contributed by atoms with van der Waals surface area (Å²) in [5, 5.41) is 5.61. The van der Waals surface area contributed by atoms with Crippen molar-refractivity contribution in [1.82, 2.24) is 0 Å². The van der Waals surface area contributed by atoms with Crippen LogP contribution in [0.4, 0.5) is 11.4 Å². The number of para-hydroxylation sites is 2. The van der Waals surface area contributed by atoms with Crippen molar-refractivity contribution < 1.29 is 19.1 Å². The molecule has 6 heteroatoms. The molecule has 0 heterocycles. The van der Waals surface area contributed by atoms with Gasteiger partial charge in [0.1, 0.15) is 5.75 Å². The molecule has 2 N–H and O–H groups in total. The third-order valence-electron chi connectivity index (χ3n) is 6.04. The molecule has 0 atom stereocenters. The van der Waals surface area contributed by atoms with E-state index < -0.39 is 0 Å². The van der Waals surface area contributed by atoms with E-state index >= 15 is 0 Å². The summed E-state index contributed by atoms with van der Waals surface area (Å²) < 4.78 is 5.25. The Labute approximate surface area is 199 Å². The van der Waals surface area contributed by atoms with Gasteiger partial charge in [0.15, 0.2) is 5.78 Å². The third-order valence-corrected chi connectivity index (χ3v) is 6.04. The molecule has 0 bridgehead atoms. The Balaban J connectivity index is 1.29. The molecular formula is C28H28N2O4. The Morgan fingerprint density at radius 1 is 0.794 bits per heavy atom. The van der Waals surface area contributed by atoms with Gasteiger partial charge in [0, 0.05) is 29.7 Å². The molecule has 6 nitrogen and oxygen atoms in total. The molecule has 0 fully saturated rings. The van der Waals surface area contributed by atoms with Crippen LogP contribution in [0.2, 0.25) is 0 Å². The van der Waals surface area contributed by atoms with Crippen molar-refractivity contribution in [3.8, 4) is 5.75 Å². The van der Waals surface area contributed by atoms with Crippen LogP contribution in [-0.2, 0) is 17.6 Å². The van der Waals surface area contributed by atoms with Crippen LogP contribution in [0.25, 0.3) is 0 Å².